The molecule has 0 saturated heterocycles. The van der Waals surface area contributed by atoms with E-state index in [2.05, 4.69) is 42.6 Å². The van der Waals surface area contributed by atoms with E-state index < -0.39 is 5.97 Å². The molecular weight excluding hydrogens is 350 g/mol. The van der Waals surface area contributed by atoms with E-state index >= 15 is 0 Å². The molecule has 0 aliphatic carbocycles. The van der Waals surface area contributed by atoms with Crippen molar-refractivity contribution < 1.29 is 14.3 Å². The highest BCUT2D eigenvalue weighted by Gasteiger charge is 2.19. The summed E-state index contributed by atoms with van der Waals surface area (Å²) in [7, 11) is 0. The summed E-state index contributed by atoms with van der Waals surface area (Å²) in [5.74, 6) is -0.388. The summed E-state index contributed by atoms with van der Waals surface area (Å²) in [6.07, 6.45) is 0.590. The van der Waals surface area contributed by atoms with Crippen molar-refractivity contribution in [2.75, 3.05) is 11.9 Å². The van der Waals surface area contributed by atoms with Gasteiger partial charge in [-0.15, -0.1) is 5.10 Å². The molecule has 0 atom stereocenters. The molecular formula is C19H25N3O3S. The molecule has 0 aliphatic heterocycles. The maximum Gasteiger partial charge on any atom is 0.352 e. The monoisotopic (exact) mass is 375 g/mol. The van der Waals surface area contributed by atoms with Crippen molar-refractivity contribution in [2.45, 2.75) is 52.9 Å². The number of anilines is 1. The Bertz CT molecular complexity index is 758. The third-order valence-electron chi connectivity index (χ3n) is 4.05. The quantitative estimate of drug-likeness (QED) is 0.736. The van der Waals surface area contributed by atoms with Gasteiger partial charge < -0.3 is 10.1 Å². The molecule has 1 aromatic carbocycles. The molecule has 0 spiro atoms. The van der Waals surface area contributed by atoms with Crippen LogP contribution in [0.25, 0.3) is 0 Å². The van der Waals surface area contributed by atoms with Gasteiger partial charge in [0.15, 0.2) is 11.5 Å². The second kappa shape index (κ2) is 8.89. The molecule has 140 valence electrons. The number of aryl methyl sites for hydroxylation is 1. The average Bonchev–Trinajstić information content (AvgIpc) is 3.08. The minimum Gasteiger partial charge on any atom is -0.451 e. The number of hydrogen-bond donors (Lipinski definition) is 1. The first-order chi connectivity index (χ1) is 12.3. The largest absolute Gasteiger partial charge is 0.451 e. The number of nitrogens with one attached hydrogen (secondary N) is 1. The third-order valence-corrected chi connectivity index (χ3v) is 4.80. The van der Waals surface area contributed by atoms with E-state index in [4.69, 9.17) is 4.74 Å². The first-order valence-electron chi connectivity index (χ1n) is 8.76. The van der Waals surface area contributed by atoms with Gasteiger partial charge in [-0.2, -0.15) is 0 Å². The summed E-state index contributed by atoms with van der Waals surface area (Å²) in [6.45, 7) is 9.87. The molecule has 1 N–H and O–H groups in total. The van der Waals surface area contributed by atoms with Crippen LogP contribution in [0.15, 0.2) is 18.2 Å². The number of carbonyl (C=O) groups excluding carboxylic acids is 2. The molecule has 0 fully saturated rings. The number of hydrogen-bond acceptors (Lipinski definition) is 6. The Balaban J connectivity index is 2.09. The predicted molar refractivity (Wildman–Crippen MR) is 103 cm³/mol. The van der Waals surface area contributed by atoms with E-state index in [1.807, 2.05) is 25.1 Å². The van der Waals surface area contributed by atoms with Gasteiger partial charge in [-0.25, -0.2) is 4.79 Å². The molecule has 0 radical (unpaired) electrons. The van der Waals surface area contributed by atoms with E-state index in [1.165, 1.54) is 0 Å². The van der Waals surface area contributed by atoms with Gasteiger partial charge in [0.05, 0.1) is 5.69 Å². The van der Waals surface area contributed by atoms with Crippen molar-refractivity contribution in [1.29, 1.82) is 0 Å². The Morgan fingerprint density at radius 1 is 1.15 bits per heavy atom. The molecule has 1 heterocycles. The molecule has 1 aromatic heterocycles. The Labute approximate surface area is 158 Å². The molecule has 7 heteroatoms. The van der Waals surface area contributed by atoms with Crippen molar-refractivity contribution in [2.24, 2.45) is 0 Å². The molecule has 2 aromatic rings. The first kappa shape index (κ1) is 20.0. The second-order valence-electron chi connectivity index (χ2n) is 6.65. The fourth-order valence-electron chi connectivity index (χ4n) is 2.66. The van der Waals surface area contributed by atoms with E-state index in [0.29, 0.717) is 17.0 Å². The van der Waals surface area contributed by atoms with Crippen molar-refractivity contribution in [3.05, 3.63) is 39.9 Å². The zero-order chi connectivity index (χ0) is 19.3. The lowest BCUT2D eigenvalue weighted by Gasteiger charge is -2.20. The number of nitrogens with zero attached hydrogens (tertiary/aromatic N) is 2. The van der Waals surface area contributed by atoms with Crippen molar-refractivity contribution in [3.63, 3.8) is 0 Å². The van der Waals surface area contributed by atoms with Gasteiger partial charge in [-0.1, -0.05) is 57.3 Å². The fraction of sp³-hybridized carbons (Fsp3) is 0.474. The van der Waals surface area contributed by atoms with Gasteiger partial charge in [-0.05, 0) is 40.9 Å². The highest BCUT2D eigenvalue weighted by atomic mass is 32.1. The minimum atomic E-state index is -0.562. The summed E-state index contributed by atoms with van der Waals surface area (Å²) in [4.78, 5) is 24.8. The van der Waals surface area contributed by atoms with E-state index in [0.717, 1.165) is 28.3 Å². The van der Waals surface area contributed by atoms with Gasteiger partial charge >= 0.3 is 5.97 Å². The van der Waals surface area contributed by atoms with Crippen LogP contribution in [0, 0.1) is 0 Å². The maximum absolute atomic E-state index is 12.4. The normalized spacial score (nSPS) is 11.0. The van der Waals surface area contributed by atoms with Crippen LogP contribution >= 0.6 is 11.5 Å². The number of benzene rings is 1. The molecule has 2 rings (SSSR count). The number of aromatic nitrogens is 2. The van der Waals surface area contributed by atoms with Gasteiger partial charge in [-0.3, -0.25) is 4.79 Å². The Kier molecular flexibility index (Phi) is 6.85. The number of ether oxygens (including phenoxy) is 1. The van der Waals surface area contributed by atoms with Gasteiger partial charge in [0.25, 0.3) is 5.91 Å². The topological polar surface area (TPSA) is 81.2 Å². The Hall–Kier alpha value is -2.28. The summed E-state index contributed by atoms with van der Waals surface area (Å²) < 4.78 is 8.90. The van der Waals surface area contributed by atoms with Crippen LogP contribution in [0.2, 0.25) is 0 Å². The number of para-hydroxylation sites is 1. The van der Waals surface area contributed by atoms with Crippen LogP contribution in [-0.4, -0.2) is 28.1 Å². The molecule has 1 amide bonds. The lowest BCUT2D eigenvalue weighted by Crippen LogP contribution is -2.22. The summed E-state index contributed by atoms with van der Waals surface area (Å²) >= 11 is 0.983. The van der Waals surface area contributed by atoms with Crippen molar-refractivity contribution in [3.8, 4) is 0 Å². The number of esters is 1. The maximum atomic E-state index is 12.4. The third kappa shape index (κ3) is 4.66. The molecule has 26 heavy (non-hydrogen) atoms. The van der Waals surface area contributed by atoms with E-state index in [-0.39, 0.29) is 24.3 Å². The zero-order valence-corrected chi connectivity index (χ0v) is 16.6. The number of rotatable bonds is 7. The molecule has 0 unspecified atom stereocenters. The van der Waals surface area contributed by atoms with Gasteiger partial charge in [0, 0.05) is 5.69 Å². The van der Waals surface area contributed by atoms with Crippen LogP contribution in [0.1, 0.15) is 72.9 Å². The number of amides is 1. The van der Waals surface area contributed by atoms with Crippen LogP contribution in [0.5, 0.6) is 0 Å². The highest BCUT2D eigenvalue weighted by molar-refractivity contribution is 7.07. The predicted octanol–water partition coefficient (Wildman–Crippen LogP) is 4.14. The average molecular weight is 375 g/mol. The Morgan fingerprint density at radius 2 is 1.77 bits per heavy atom. The molecule has 0 aliphatic rings. The zero-order valence-electron chi connectivity index (χ0n) is 15.8. The lowest BCUT2D eigenvalue weighted by molar-refractivity contribution is -0.119. The van der Waals surface area contributed by atoms with Gasteiger partial charge in [0.2, 0.25) is 0 Å². The fourth-order valence-corrected chi connectivity index (χ4v) is 3.31. The van der Waals surface area contributed by atoms with Gasteiger partial charge in [0.1, 0.15) is 0 Å². The van der Waals surface area contributed by atoms with Crippen LogP contribution in [0.4, 0.5) is 5.69 Å². The Morgan fingerprint density at radius 3 is 2.31 bits per heavy atom. The van der Waals surface area contributed by atoms with Crippen LogP contribution in [-0.2, 0) is 16.0 Å². The standard InChI is InChI=1S/C19H25N3O3S/c1-6-15-18(26-22-21-15)19(24)25-10-16(23)20-17-13(11(2)3)8-7-9-14(17)12(4)5/h7-9,11-12H,6,10H2,1-5H3,(H,20,23). The lowest BCUT2D eigenvalue weighted by atomic mass is 9.92. The van der Waals surface area contributed by atoms with Crippen LogP contribution in [0.3, 0.4) is 0 Å². The first-order valence-corrected chi connectivity index (χ1v) is 9.53. The molecule has 0 saturated carbocycles. The summed E-state index contributed by atoms with van der Waals surface area (Å²) in [5.41, 5.74) is 3.53. The van der Waals surface area contributed by atoms with Crippen LogP contribution < -0.4 is 5.32 Å². The SMILES string of the molecule is CCc1nnsc1C(=O)OCC(=O)Nc1c(C(C)C)cccc1C(C)C. The highest BCUT2D eigenvalue weighted by Crippen LogP contribution is 2.32. The van der Waals surface area contributed by atoms with E-state index in [1.54, 1.807) is 0 Å². The van der Waals surface area contributed by atoms with E-state index in [9.17, 15) is 9.59 Å². The minimum absolute atomic E-state index is 0.266. The summed E-state index contributed by atoms with van der Waals surface area (Å²) in [5, 5.41) is 6.81. The van der Waals surface area contributed by atoms with Crippen molar-refractivity contribution >= 4 is 29.1 Å². The second-order valence-corrected chi connectivity index (χ2v) is 7.40. The number of carbonyl (C=O) groups is 2. The summed E-state index contributed by atoms with van der Waals surface area (Å²) in [6, 6.07) is 6.02. The molecule has 0 bridgehead atoms. The smallest absolute Gasteiger partial charge is 0.352 e. The van der Waals surface area contributed by atoms with Crippen molar-refractivity contribution in [1.82, 2.24) is 9.59 Å². The molecule has 6 nitrogen and oxygen atoms in total.